The van der Waals surface area contributed by atoms with Crippen molar-refractivity contribution in [2.24, 2.45) is 5.73 Å². The molecule has 0 saturated carbocycles. The third kappa shape index (κ3) is 4.50. The first kappa shape index (κ1) is 14.7. The molecule has 18 heavy (non-hydrogen) atoms. The molecule has 0 fully saturated rings. The number of carboxylic acid groups (broad SMARTS) is 1. The molecule has 0 radical (unpaired) electrons. The molecule has 0 bridgehead atoms. The summed E-state index contributed by atoms with van der Waals surface area (Å²) in [5.74, 6) is -0.306. The van der Waals surface area contributed by atoms with Gasteiger partial charge in [0.2, 0.25) is 0 Å². The van der Waals surface area contributed by atoms with Gasteiger partial charge in [0.25, 0.3) is 0 Å². The quantitative estimate of drug-likeness (QED) is 0.791. The zero-order valence-corrected chi connectivity index (χ0v) is 11.7. The lowest BCUT2D eigenvalue weighted by Crippen LogP contribution is -2.32. The molecule has 0 aliphatic carbocycles. The van der Waals surface area contributed by atoms with Crippen LogP contribution in [0.2, 0.25) is 0 Å². The summed E-state index contributed by atoms with van der Waals surface area (Å²) in [4.78, 5) is 10.7. The van der Waals surface area contributed by atoms with E-state index in [1.165, 1.54) is 0 Å². The first-order valence-electron chi connectivity index (χ1n) is 5.44. The monoisotopic (exact) mass is 313 g/mol. The van der Waals surface area contributed by atoms with Crippen molar-refractivity contribution in [3.63, 3.8) is 0 Å². The van der Waals surface area contributed by atoms with Crippen molar-refractivity contribution in [3.8, 4) is 5.75 Å². The predicted octanol–water partition coefficient (Wildman–Crippen LogP) is 2.36. The van der Waals surface area contributed by atoms with Crippen molar-refractivity contribution in [1.82, 2.24) is 0 Å². The lowest BCUT2D eigenvalue weighted by molar-refractivity contribution is -0.138. The number of rotatable bonds is 6. The lowest BCUT2D eigenvalue weighted by atomic mass is 10.1. The number of halogens is 1. The van der Waals surface area contributed by atoms with Crippen LogP contribution in [0.5, 0.6) is 5.75 Å². The first-order chi connectivity index (χ1) is 8.40. The van der Waals surface area contributed by atoms with E-state index in [9.17, 15) is 4.79 Å². The molecule has 0 spiro atoms. The number of aliphatic carboxylic acids is 1. The van der Waals surface area contributed by atoms with Crippen molar-refractivity contribution in [3.05, 3.63) is 40.4 Å². The summed E-state index contributed by atoms with van der Waals surface area (Å²) in [6.45, 7) is 6.09. The molecule has 0 aliphatic rings. The van der Waals surface area contributed by atoms with Crippen LogP contribution in [0.25, 0.3) is 0 Å². The summed E-state index contributed by atoms with van der Waals surface area (Å²) in [6.07, 6.45) is 0.286. The van der Waals surface area contributed by atoms with E-state index in [2.05, 4.69) is 22.5 Å². The Morgan fingerprint density at radius 2 is 2.28 bits per heavy atom. The van der Waals surface area contributed by atoms with Gasteiger partial charge in [-0.2, -0.15) is 0 Å². The Hall–Kier alpha value is -1.33. The maximum absolute atomic E-state index is 10.7. The molecule has 98 valence electrons. The highest BCUT2D eigenvalue weighted by molar-refractivity contribution is 9.10. The van der Waals surface area contributed by atoms with Crippen molar-refractivity contribution in [2.45, 2.75) is 19.4 Å². The van der Waals surface area contributed by atoms with Gasteiger partial charge in [-0.1, -0.05) is 12.6 Å². The average molecular weight is 314 g/mol. The fraction of sp³-hybridized carbons (Fsp3) is 0.308. The van der Waals surface area contributed by atoms with Crippen LogP contribution < -0.4 is 10.5 Å². The molecule has 1 aromatic carbocycles. The van der Waals surface area contributed by atoms with Crippen molar-refractivity contribution < 1.29 is 14.6 Å². The predicted molar refractivity (Wildman–Crippen MR) is 73.8 cm³/mol. The summed E-state index contributed by atoms with van der Waals surface area (Å²) >= 11 is 3.38. The normalized spacial score (nSPS) is 11.9. The van der Waals surface area contributed by atoms with Crippen LogP contribution >= 0.6 is 15.9 Å². The van der Waals surface area contributed by atoms with Crippen molar-refractivity contribution in [1.29, 1.82) is 0 Å². The van der Waals surface area contributed by atoms with Crippen LogP contribution in [0.1, 0.15) is 12.5 Å². The molecule has 0 saturated heterocycles. The molecule has 0 aromatic heterocycles. The van der Waals surface area contributed by atoms with Gasteiger partial charge in [-0.05, 0) is 52.5 Å². The number of hydrogen-bond donors (Lipinski definition) is 2. The summed E-state index contributed by atoms with van der Waals surface area (Å²) in [5.41, 5.74) is 7.25. The third-order valence-electron chi connectivity index (χ3n) is 2.24. The Balaban J connectivity index is 2.73. The minimum atomic E-state index is -1.01. The minimum absolute atomic E-state index is 0.286. The highest BCUT2D eigenvalue weighted by Crippen LogP contribution is 2.26. The summed E-state index contributed by atoms with van der Waals surface area (Å²) in [6, 6.07) is 4.52. The second-order valence-electron chi connectivity index (χ2n) is 4.16. The molecule has 5 heteroatoms. The standard InChI is InChI=1S/C13H16BrNO3/c1-8(2)7-18-12-4-3-9(5-10(12)14)6-11(15)13(16)17/h3-5,11H,1,6-7,15H2,2H3,(H,16,17). The molecular formula is C13H16BrNO3. The lowest BCUT2D eigenvalue weighted by Gasteiger charge is -2.11. The number of hydrogen-bond acceptors (Lipinski definition) is 3. The van der Waals surface area contributed by atoms with Crippen LogP contribution in [-0.2, 0) is 11.2 Å². The zero-order valence-electron chi connectivity index (χ0n) is 10.1. The number of carboxylic acids is 1. The SMILES string of the molecule is C=C(C)COc1ccc(CC(N)C(=O)O)cc1Br. The minimum Gasteiger partial charge on any atom is -0.488 e. The van der Waals surface area contributed by atoms with Crippen molar-refractivity contribution >= 4 is 21.9 Å². The van der Waals surface area contributed by atoms with Gasteiger partial charge in [0.05, 0.1) is 4.47 Å². The van der Waals surface area contributed by atoms with Crippen LogP contribution in [0.3, 0.4) is 0 Å². The van der Waals surface area contributed by atoms with E-state index < -0.39 is 12.0 Å². The van der Waals surface area contributed by atoms with Gasteiger partial charge < -0.3 is 15.6 Å². The average Bonchev–Trinajstić information content (AvgIpc) is 2.27. The topological polar surface area (TPSA) is 72.5 Å². The third-order valence-corrected chi connectivity index (χ3v) is 2.86. The van der Waals surface area contributed by atoms with Gasteiger partial charge in [-0.15, -0.1) is 0 Å². The van der Waals surface area contributed by atoms with Gasteiger partial charge >= 0.3 is 5.97 Å². The highest BCUT2D eigenvalue weighted by atomic mass is 79.9. The van der Waals surface area contributed by atoms with E-state index in [-0.39, 0.29) is 6.42 Å². The molecule has 1 atom stereocenters. The van der Waals surface area contributed by atoms with E-state index in [1.54, 1.807) is 12.1 Å². The molecule has 0 heterocycles. The first-order valence-corrected chi connectivity index (χ1v) is 6.23. The fourth-order valence-electron chi connectivity index (χ4n) is 1.33. The van der Waals surface area contributed by atoms with Crippen LogP contribution in [-0.4, -0.2) is 23.7 Å². The second kappa shape index (κ2) is 6.56. The number of nitrogens with two attached hydrogens (primary N) is 1. The molecule has 0 amide bonds. The van der Waals surface area contributed by atoms with Crippen LogP contribution in [0.4, 0.5) is 0 Å². The number of ether oxygens (including phenoxy) is 1. The molecule has 0 aliphatic heterocycles. The number of carbonyl (C=O) groups is 1. The Bertz CT molecular complexity index is 460. The van der Waals surface area contributed by atoms with E-state index in [4.69, 9.17) is 15.6 Å². The van der Waals surface area contributed by atoms with Crippen LogP contribution in [0.15, 0.2) is 34.8 Å². The smallest absolute Gasteiger partial charge is 0.320 e. The highest BCUT2D eigenvalue weighted by Gasteiger charge is 2.13. The largest absolute Gasteiger partial charge is 0.488 e. The second-order valence-corrected chi connectivity index (χ2v) is 5.01. The van der Waals surface area contributed by atoms with E-state index in [0.29, 0.717) is 12.4 Å². The maximum atomic E-state index is 10.7. The number of benzene rings is 1. The van der Waals surface area contributed by atoms with Gasteiger partial charge in [0.15, 0.2) is 0 Å². The summed E-state index contributed by atoms with van der Waals surface area (Å²) < 4.78 is 6.29. The Labute approximate surface area is 115 Å². The van der Waals surface area contributed by atoms with Crippen LogP contribution in [0, 0.1) is 0 Å². The van der Waals surface area contributed by atoms with E-state index >= 15 is 0 Å². The molecular weight excluding hydrogens is 298 g/mol. The van der Waals surface area contributed by atoms with Gasteiger partial charge in [-0.3, -0.25) is 4.79 Å². The molecule has 1 unspecified atom stereocenters. The Morgan fingerprint density at radius 1 is 1.61 bits per heavy atom. The molecule has 4 nitrogen and oxygen atoms in total. The maximum Gasteiger partial charge on any atom is 0.320 e. The van der Waals surface area contributed by atoms with E-state index in [0.717, 1.165) is 15.6 Å². The van der Waals surface area contributed by atoms with Crippen molar-refractivity contribution in [2.75, 3.05) is 6.61 Å². The van der Waals surface area contributed by atoms with Gasteiger partial charge in [0.1, 0.15) is 18.4 Å². The summed E-state index contributed by atoms with van der Waals surface area (Å²) in [5, 5.41) is 8.74. The van der Waals surface area contributed by atoms with Gasteiger partial charge in [-0.25, -0.2) is 0 Å². The van der Waals surface area contributed by atoms with E-state index in [1.807, 2.05) is 13.0 Å². The Morgan fingerprint density at radius 3 is 2.78 bits per heavy atom. The summed E-state index contributed by atoms with van der Waals surface area (Å²) in [7, 11) is 0. The fourth-order valence-corrected chi connectivity index (χ4v) is 1.87. The molecule has 1 rings (SSSR count). The molecule has 3 N–H and O–H groups in total. The molecule has 1 aromatic rings. The zero-order chi connectivity index (χ0) is 13.7. The van der Waals surface area contributed by atoms with Gasteiger partial charge in [0, 0.05) is 0 Å². The Kier molecular flexibility index (Phi) is 5.37.